The molecule has 0 saturated heterocycles. The summed E-state index contributed by atoms with van der Waals surface area (Å²) < 4.78 is 20.5. The fourth-order valence-electron chi connectivity index (χ4n) is 2.26. The number of halogens is 1. The van der Waals surface area contributed by atoms with E-state index in [0.717, 1.165) is 16.7 Å². The lowest BCUT2D eigenvalue weighted by Gasteiger charge is -2.10. The summed E-state index contributed by atoms with van der Waals surface area (Å²) in [6, 6.07) is 8.29. The van der Waals surface area contributed by atoms with Gasteiger partial charge in [-0.2, -0.15) is 5.10 Å². The fraction of sp³-hybridized carbons (Fsp3) is 0.188. The van der Waals surface area contributed by atoms with Gasteiger partial charge >= 0.3 is 0 Å². The number of ether oxygens (including phenoxy) is 1. The highest BCUT2D eigenvalue weighted by atomic mass is 19.1. The van der Waals surface area contributed by atoms with E-state index in [1.54, 1.807) is 30.4 Å². The summed E-state index contributed by atoms with van der Waals surface area (Å²) in [6.45, 7) is 2.38. The molecule has 0 aliphatic heterocycles. The molecule has 0 amide bonds. The van der Waals surface area contributed by atoms with E-state index in [0.29, 0.717) is 18.2 Å². The SMILES string of the molecule is COc1ncc(Cn2cnc(C)n2)cc1-c1cccc(F)c1. The zero-order valence-electron chi connectivity index (χ0n) is 12.3. The molecule has 0 aliphatic rings. The molecule has 0 radical (unpaired) electrons. The first kappa shape index (κ1) is 14.2. The van der Waals surface area contributed by atoms with Gasteiger partial charge in [-0.05, 0) is 36.2 Å². The molecule has 0 spiro atoms. The molecule has 5 nitrogen and oxygen atoms in total. The quantitative estimate of drug-likeness (QED) is 0.743. The Labute approximate surface area is 127 Å². The smallest absolute Gasteiger partial charge is 0.221 e. The summed E-state index contributed by atoms with van der Waals surface area (Å²) in [7, 11) is 1.55. The number of rotatable bonds is 4. The van der Waals surface area contributed by atoms with Crippen LogP contribution in [0.5, 0.6) is 5.88 Å². The van der Waals surface area contributed by atoms with Gasteiger partial charge in [-0.3, -0.25) is 0 Å². The molecule has 0 saturated carbocycles. The number of benzene rings is 1. The Bertz CT molecular complexity index is 800. The van der Waals surface area contributed by atoms with E-state index >= 15 is 0 Å². The van der Waals surface area contributed by atoms with Crippen LogP contribution in [0, 0.1) is 12.7 Å². The number of pyridine rings is 1. The maximum atomic E-state index is 13.5. The van der Waals surface area contributed by atoms with Crippen molar-refractivity contribution in [2.75, 3.05) is 7.11 Å². The number of methoxy groups -OCH3 is 1. The van der Waals surface area contributed by atoms with Gasteiger partial charge in [-0.1, -0.05) is 12.1 Å². The Morgan fingerprint density at radius 2 is 2.09 bits per heavy atom. The molecule has 3 rings (SSSR count). The van der Waals surface area contributed by atoms with Gasteiger partial charge in [-0.15, -0.1) is 0 Å². The van der Waals surface area contributed by atoms with Gasteiger partial charge in [0.05, 0.1) is 13.7 Å². The Kier molecular flexibility index (Phi) is 3.82. The van der Waals surface area contributed by atoms with E-state index in [1.807, 2.05) is 19.1 Å². The highest BCUT2D eigenvalue weighted by Gasteiger charge is 2.10. The highest BCUT2D eigenvalue weighted by Crippen LogP contribution is 2.29. The van der Waals surface area contributed by atoms with Gasteiger partial charge in [0, 0.05) is 11.8 Å². The summed E-state index contributed by atoms with van der Waals surface area (Å²) >= 11 is 0. The molecule has 0 aliphatic carbocycles. The molecule has 2 aromatic heterocycles. The minimum Gasteiger partial charge on any atom is -0.481 e. The Balaban J connectivity index is 1.99. The second-order valence-corrected chi connectivity index (χ2v) is 4.90. The average molecular weight is 298 g/mol. The number of aromatic nitrogens is 4. The van der Waals surface area contributed by atoms with Crippen molar-refractivity contribution >= 4 is 0 Å². The standard InChI is InChI=1S/C16H15FN4O/c1-11-19-10-21(20-11)9-12-6-15(16(22-2)18-8-12)13-4-3-5-14(17)7-13/h3-8,10H,9H2,1-2H3. The molecule has 6 heteroatoms. The van der Waals surface area contributed by atoms with Crippen molar-refractivity contribution in [1.29, 1.82) is 0 Å². The van der Waals surface area contributed by atoms with Crippen LogP contribution in [0.1, 0.15) is 11.4 Å². The molecule has 0 atom stereocenters. The Morgan fingerprint density at radius 3 is 2.77 bits per heavy atom. The number of aryl methyl sites for hydroxylation is 1. The lowest BCUT2D eigenvalue weighted by atomic mass is 10.1. The van der Waals surface area contributed by atoms with Gasteiger partial charge in [0.15, 0.2) is 0 Å². The molecule has 0 unspecified atom stereocenters. The molecular weight excluding hydrogens is 283 g/mol. The van der Waals surface area contributed by atoms with Gasteiger partial charge in [0.1, 0.15) is 18.0 Å². The summed E-state index contributed by atoms with van der Waals surface area (Å²) in [6.07, 6.45) is 3.39. The molecule has 0 N–H and O–H groups in total. The number of hydrogen-bond donors (Lipinski definition) is 0. The number of hydrogen-bond acceptors (Lipinski definition) is 4. The molecule has 2 heterocycles. The molecule has 0 fully saturated rings. The molecule has 1 aromatic carbocycles. The van der Waals surface area contributed by atoms with Crippen LogP contribution in [-0.4, -0.2) is 26.9 Å². The maximum Gasteiger partial charge on any atom is 0.221 e. The minimum absolute atomic E-state index is 0.295. The highest BCUT2D eigenvalue weighted by molar-refractivity contribution is 5.69. The van der Waals surface area contributed by atoms with Crippen molar-refractivity contribution in [3.05, 3.63) is 60.1 Å². The normalized spacial score (nSPS) is 10.7. The second kappa shape index (κ2) is 5.93. The summed E-state index contributed by atoms with van der Waals surface area (Å²) in [5, 5.41) is 4.25. The van der Waals surface area contributed by atoms with E-state index in [4.69, 9.17) is 4.74 Å². The van der Waals surface area contributed by atoms with E-state index in [9.17, 15) is 4.39 Å². The van der Waals surface area contributed by atoms with Crippen LogP contribution >= 0.6 is 0 Å². The predicted molar refractivity (Wildman–Crippen MR) is 80.0 cm³/mol. The molecule has 3 aromatic rings. The fourth-order valence-corrected chi connectivity index (χ4v) is 2.26. The van der Waals surface area contributed by atoms with Crippen LogP contribution in [0.25, 0.3) is 11.1 Å². The zero-order chi connectivity index (χ0) is 15.5. The predicted octanol–water partition coefficient (Wildman–Crippen LogP) is 2.84. The Morgan fingerprint density at radius 1 is 1.23 bits per heavy atom. The molecule has 22 heavy (non-hydrogen) atoms. The Hall–Kier alpha value is -2.76. The zero-order valence-corrected chi connectivity index (χ0v) is 12.3. The van der Waals surface area contributed by atoms with Crippen molar-refractivity contribution in [3.8, 4) is 17.0 Å². The van der Waals surface area contributed by atoms with Crippen molar-refractivity contribution in [3.63, 3.8) is 0 Å². The van der Waals surface area contributed by atoms with Gasteiger partial charge in [0.2, 0.25) is 5.88 Å². The number of nitrogens with zero attached hydrogens (tertiary/aromatic N) is 4. The summed E-state index contributed by atoms with van der Waals surface area (Å²) in [4.78, 5) is 8.40. The van der Waals surface area contributed by atoms with E-state index < -0.39 is 0 Å². The lowest BCUT2D eigenvalue weighted by molar-refractivity contribution is 0.399. The van der Waals surface area contributed by atoms with Crippen LogP contribution in [-0.2, 0) is 6.54 Å². The monoisotopic (exact) mass is 298 g/mol. The second-order valence-electron chi connectivity index (χ2n) is 4.90. The average Bonchev–Trinajstić information content (AvgIpc) is 2.92. The van der Waals surface area contributed by atoms with Crippen LogP contribution in [0.4, 0.5) is 4.39 Å². The van der Waals surface area contributed by atoms with E-state index in [1.165, 1.54) is 12.1 Å². The lowest BCUT2D eigenvalue weighted by Crippen LogP contribution is -2.02. The van der Waals surface area contributed by atoms with Crippen molar-refractivity contribution in [1.82, 2.24) is 19.7 Å². The first-order chi connectivity index (χ1) is 10.7. The van der Waals surface area contributed by atoms with Gasteiger partial charge in [0.25, 0.3) is 0 Å². The van der Waals surface area contributed by atoms with Crippen LogP contribution in [0.3, 0.4) is 0 Å². The first-order valence-corrected chi connectivity index (χ1v) is 6.80. The summed E-state index contributed by atoms with van der Waals surface area (Å²) in [5.74, 6) is 0.882. The topological polar surface area (TPSA) is 52.8 Å². The van der Waals surface area contributed by atoms with Crippen molar-refractivity contribution in [2.24, 2.45) is 0 Å². The summed E-state index contributed by atoms with van der Waals surface area (Å²) in [5.41, 5.74) is 2.40. The van der Waals surface area contributed by atoms with E-state index in [2.05, 4.69) is 15.1 Å². The van der Waals surface area contributed by atoms with Crippen LogP contribution < -0.4 is 4.74 Å². The molecule has 112 valence electrons. The third kappa shape index (κ3) is 2.95. The maximum absolute atomic E-state index is 13.5. The van der Waals surface area contributed by atoms with E-state index in [-0.39, 0.29) is 5.82 Å². The first-order valence-electron chi connectivity index (χ1n) is 6.80. The third-order valence-corrected chi connectivity index (χ3v) is 3.23. The molecule has 0 bridgehead atoms. The van der Waals surface area contributed by atoms with Crippen LogP contribution in [0.2, 0.25) is 0 Å². The minimum atomic E-state index is -0.295. The third-order valence-electron chi connectivity index (χ3n) is 3.23. The van der Waals surface area contributed by atoms with Gasteiger partial charge in [-0.25, -0.2) is 19.0 Å². The van der Waals surface area contributed by atoms with Crippen LogP contribution in [0.15, 0.2) is 42.9 Å². The van der Waals surface area contributed by atoms with Crippen molar-refractivity contribution < 1.29 is 9.13 Å². The largest absolute Gasteiger partial charge is 0.481 e. The molecular formula is C16H15FN4O. The van der Waals surface area contributed by atoms with Gasteiger partial charge < -0.3 is 4.74 Å². The van der Waals surface area contributed by atoms with Crippen molar-refractivity contribution in [2.45, 2.75) is 13.5 Å².